The van der Waals surface area contributed by atoms with Gasteiger partial charge < -0.3 is 28.8 Å². The average molecular weight is 515 g/mol. The molecule has 8 nitrogen and oxygen atoms in total. The van der Waals surface area contributed by atoms with Gasteiger partial charge in [-0.15, -0.1) is 0 Å². The lowest BCUT2D eigenvalue weighted by Crippen LogP contribution is -2.66. The minimum Gasteiger partial charge on any atom is -0.462 e. The topological polar surface area (TPSA) is 104 Å². The van der Waals surface area contributed by atoms with E-state index in [9.17, 15) is 14.7 Å². The van der Waals surface area contributed by atoms with Crippen molar-refractivity contribution in [2.24, 2.45) is 10.8 Å². The highest BCUT2D eigenvalue weighted by molar-refractivity contribution is 5.83. The van der Waals surface area contributed by atoms with Crippen molar-refractivity contribution < 1.29 is 38.4 Å². The number of carbonyl (C=O) groups is 2. The molecule has 8 atom stereocenters. The van der Waals surface area contributed by atoms with Crippen molar-refractivity contribution in [3.8, 4) is 0 Å². The van der Waals surface area contributed by atoms with Gasteiger partial charge in [-0.3, -0.25) is 0 Å². The van der Waals surface area contributed by atoms with Crippen LogP contribution in [0.25, 0.3) is 0 Å². The smallest absolute Gasteiger partial charge is 0.331 e. The largest absolute Gasteiger partial charge is 0.462 e. The van der Waals surface area contributed by atoms with Crippen LogP contribution in [0.2, 0.25) is 0 Å². The predicted molar refractivity (Wildman–Crippen MR) is 134 cm³/mol. The number of ether oxygens (including phenoxy) is 5. The van der Waals surface area contributed by atoms with Gasteiger partial charge in [0, 0.05) is 24.0 Å². The second-order valence-electron chi connectivity index (χ2n) is 11.4. The first kappa shape index (κ1) is 26.4. The van der Waals surface area contributed by atoms with Crippen molar-refractivity contribution in [2.75, 3.05) is 19.8 Å². The van der Waals surface area contributed by atoms with Gasteiger partial charge in [-0.25, -0.2) is 9.59 Å². The summed E-state index contributed by atoms with van der Waals surface area (Å²) in [5.41, 5.74) is 0.318. The summed E-state index contributed by atoms with van der Waals surface area (Å²) in [6.07, 6.45) is 10.5. The number of allylic oxidation sites excluding steroid dienone is 3. The number of esters is 2. The molecule has 0 aromatic carbocycles. The quantitative estimate of drug-likeness (QED) is 0.323. The van der Waals surface area contributed by atoms with E-state index in [2.05, 4.69) is 19.9 Å². The predicted octanol–water partition coefficient (Wildman–Crippen LogP) is 3.34. The van der Waals surface area contributed by atoms with E-state index in [-0.39, 0.29) is 18.8 Å². The molecule has 2 spiro atoms. The van der Waals surface area contributed by atoms with E-state index in [4.69, 9.17) is 23.7 Å². The van der Waals surface area contributed by atoms with E-state index in [1.54, 1.807) is 25.2 Å². The number of hydrogen-bond donors (Lipinski definition) is 1. The summed E-state index contributed by atoms with van der Waals surface area (Å²) in [5.74, 6) is -0.879. The van der Waals surface area contributed by atoms with E-state index < -0.39 is 46.7 Å². The molecule has 5 aliphatic rings. The average Bonchev–Trinajstić information content (AvgIpc) is 3.61. The van der Waals surface area contributed by atoms with Gasteiger partial charge in [0.15, 0.2) is 0 Å². The van der Waals surface area contributed by atoms with E-state index in [0.717, 1.165) is 18.4 Å². The Labute approximate surface area is 218 Å². The van der Waals surface area contributed by atoms with Gasteiger partial charge in [-0.05, 0) is 40.0 Å². The number of rotatable bonds is 1. The molecule has 1 saturated carbocycles. The molecule has 2 aliphatic carbocycles. The normalized spacial score (nSPS) is 46.2. The highest BCUT2D eigenvalue weighted by Crippen LogP contribution is 2.72. The third kappa shape index (κ3) is 4.42. The van der Waals surface area contributed by atoms with Crippen molar-refractivity contribution in [1.29, 1.82) is 0 Å². The molecular formula is C29H38O8. The molecule has 3 heterocycles. The minimum atomic E-state index is -0.735. The number of carbonyl (C=O) groups excluding carboxylic acids is 2. The molecule has 3 aliphatic heterocycles. The number of aliphatic hydroxyl groups is 1. The molecule has 0 unspecified atom stereocenters. The maximum atomic E-state index is 12.9. The molecule has 1 N–H and O–H groups in total. The maximum absolute atomic E-state index is 12.9. The fourth-order valence-corrected chi connectivity index (χ4v) is 6.85. The van der Waals surface area contributed by atoms with Crippen LogP contribution >= 0.6 is 0 Å². The van der Waals surface area contributed by atoms with Gasteiger partial charge in [0.05, 0.1) is 36.9 Å². The lowest BCUT2D eigenvalue weighted by atomic mass is 9.51. The summed E-state index contributed by atoms with van der Waals surface area (Å²) >= 11 is 0. The Hall–Kier alpha value is -2.26. The Kier molecular flexibility index (Phi) is 6.98. The van der Waals surface area contributed by atoms with Crippen LogP contribution in [-0.2, 0) is 33.3 Å². The van der Waals surface area contributed by atoms with Crippen LogP contribution < -0.4 is 0 Å². The fraction of sp³-hybridized carbons (Fsp3) is 0.655. The van der Waals surface area contributed by atoms with Crippen LogP contribution in [0.5, 0.6) is 0 Å². The fourth-order valence-electron chi connectivity index (χ4n) is 6.85. The highest BCUT2D eigenvalue weighted by Gasteiger charge is 2.83. The van der Waals surface area contributed by atoms with Crippen LogP contribution in [0, 0.1) is 10.8 Å². The van der Waals surface area contributed by atoms with Crippen molar-refractivity contribution in [2.45, 2.75) is 89.5 Å². The molecule has 5 rings (SSSR count). The molecular weight excluding hydrogens is 476 g/mol. The standard InChI is InChI=1S/C29H38O8/c1-18-9-11-28-16-34-26(32)14-19(2)10-12-33-21(20(3)30)7-5-6-8-25(31)37-22-15-24(36-23(28)13-18)29(17-35-29)27(22,28)4/h5-8,13-14,20-24,30H,9-12,15-17H2,1-4H3/b7-5+,8-6-,19-14+/t20-,21-,22-,23-,24-,27-,28-,29+/m1/s1. The van der Waals surface area contributed by atoms with Crippen LogP contribution in [0.4, 0.5) is 0 Å². The first-order valence-corrected chi connectivity index (χ1v) is 13.3. The number of epoxide rings is 1. The van der Waals surface area contributed by atoms with Gasteiger partial charge >= 0.3 is 11.9 Å². The third-order valence-electron chi connectivity index (χ3n) is 9.24. The molecule has 2 saturated heterocycles. The lowest BCUT2D eigenvalue weighted by Gasteiger charge is -2.58. The van der Waals surface area contributed by atoms with Gasteiger partial charge in [-0.1, -0.05) is 42.4 Å². The van der Waals surface area contributed by atoms with Crippen LogP contribution in [0.3, 0.4) is 0 Å². The van der Waals surface area contributed by atoms with Crippen molar-refractivity contribution >= 4 is 11.9 Å². The van der Waals surface area contributed by atoms with Crippen molar-refractivity contribution in [3.63, 3.8) is 0 Å². The summed E-state index contributed by atoms with van der Waals surface area (Å²) in [6.45, 7) is 8.73. The molecule has 0 aromatic heterocycles. The lowest BCUT2D eigenvalue weighted by molar-refractivity contribution is -0.232. The summed E-state index contributed by atoms with van der Waals surface area (Å²) < 4.78 is 30.6. The zero-order chi connectivity index (χ0) is 26.4. The summed E-state index contributed by atoms with van der Waals surface area (Å²) in [7, 11) is 0. The number of aliphatic hydroxyl groups excluding tert-OH is 1. The summed E-state index contributed by atoms with van der Waals surface area (Å²) in [6, 6.07) is 0. The molecule has 8 heteroatoms. The highest BCUT2D eigenvalue weighted by atomic mass is 16.6. The minimum absolute atomic E-state index is 0.144. The van der Waals surface area contributed by atoms with E-state index in [1.807, 2.05) is 6.92 Å². The first-order valence-electron chi connectivity index (χ1n) is 13.3. The second-order valence-corrected chi connectivity index (χ2v) is 11.4. The van der Waals surface area contributed by atoms with Crippen molar-refractivity contribution in [3.05, 3.63) is 47.6 Å². The molecule has 0 amide bonds. The second kappa shape index (κ2) is 9.80. The molecule has 3 fully saturated rings. The first-order chi connectivity index (χ1) is 17.6. The molecule has 0 aromatic rings. The SMILES string of the molecule is CC1=C[C@H]2O[C@@H]3C[C@H]4OC(=O)/C=C\C=C\[C@H]([C@@H](C)O)OCC/C(C)=C/C(=O)OC[C@@]2(CC1)[C@]4(C)[C@]31CO1. The van der Waals surface area contributed by atoms with Crippen molar-refractivity contribution in [1.82, 2.24) is 0 Å². The van der Waals surface area contributed by atoms with Gasteiger partial charge in [0.25, 0.3) is 0 Å². The monoisotopic (exact) mass is 514 g/mol. The van der Waals surface area contributed by atoms with Crippen LogP contribution in [-0.4, -0.2) is 73.0 Å². The number of cyclic esters (lactones) is 1. The van der Waals surface area contributed by atoms with Crippen LogP contribution in [0.1, 0.15) is 53.4 Å². The molecule has 202 valence electrons. The van der Waals surface area contributed by atoms with Gasteiger partial charge in [0.1, 0.15) is 24.4 Å². The Morgan fingerprint density at radius 3 is 2.57 bits per heavy atom. The summed E-state index contributed by atoms with van der Waals surface area (Å²) in [4.78, 5) is 25.9. The summed E-state index contributed by atoms with van der Waals surface area (Å²) in [5, 5.41) is 10.0. The third-order valence-corrected chi connectivity index (χ3v) is 9.24. The Balaban J connectivity index is 1.51. The van der Waals surface area contributed by atoms with E-state index in [1.165, 1.54) is 17.7 Å². The Bertz CT molecular complexity index is 1050. The number of hydrogen-bond acceptors (Lipinski definition) is 8. The molecule has 0 radical (unpaired) electrons. The van der Waals surface area contributed by atoms with Gasteiger partial charge in [0.2, 0.25) is 0 Å². The molecule has 37 heavy (non-hydrogen) atoms. The van der Waals surface area contributed by atoms with Crippen LogP contribution in [0.15, 0.2) is 47.6 Å². The maximum Gasteiger partial charge on any atom is 0.331 e. The Morgan fingerprint density at radius 1 is 1.05 bits per heavy atom. The zero-order valence-electron chi connectivity index (χ0n) is 22.1. The van der Waals surface area contributed by atoms with E-state index >= 15 is 0 Å². The van der Waals surface area contributed by atoms with E-state index in [0.29, 0.717) is 26.1 Å². The zero-order valence-corrected chi connectivity index (χ0v) is 22.1. The molecule has 2 bridgehead atoms. The van der Waals surface area contributed by atoms with Gasteiger partial charge in [-0.2, -0.15) is 0 Å². The Morgan fingerprint density at radius 2 is 1.84 bits per heavy atom.